The van der Waals surface area contributed by atoms with Crippen LogP contribution in [0.15, 0.2) is 42.5 Å². The van der Waals surface area contributed by atoms with Crippen LogP contribution in [-0.4, -0.2) is 20.6 Å². The molecule has 0 aliphatic carbocycles. The zero-order valence-electron chi connectivity index (χ0n) is 13.1. The zero-order chi connectivity index (χ0) is 17.9. The largest absolute Gasteiger partial charge is 0.454 e. The molecule has 0 aliphatic rings. The molecule has 7 heteroatoms. The van der Waals surface area contributed by atoms with Crippen LogP contribution in [0, 0.1) is 11.6 Å². The molecule has 1 atom stereocenters. The van der Waals surface area contributed by atoms with E-state index in [1.165, 1.54) is 37.3 Å². The van der Waals surface area contributed by atoms with E-state index in [2.05, 4.69) is 0 Å². The van der Waals surface area contributed by atoms with Crippen LogP contribution in [-0.2, 0) is 20.3 Å². The van der Waals surface area contributed by atoms with Crippen molar-refractivity contribution in [2.24, 2.45) is 0 Å². The highest BCUT2D eigenvalue weighted by atomic mass is 32.2. The molecule has 4 nitrogen and oxygen atoms in total. The maximum Gasteiger partial charge on any atom is 0.338 e. The Balaban J connectivity index is 2.09. The molecule has 0 aliphatic heterocycles. The molecule has 0 aromatic heterocycles. The Morgan fingerprint density at radius 2 is 1.75 bits per heavy atom. The molecule has 128 valence electrons. The number of ether oxygens (including phenoxy) is 1. The Bertz CT molecular complexity index is 845. The molecule has 24 heavy (non-hydrogen) atoms. The number of sulfone groups is 1. The van der Waals surface area contributed by atoms with Crippen molar-refractivity contribution in [2.45, 2.75) is 18.8 Å². The topological polar surface area (TPSA) is 60.4 Å². The van der Waals surface area contributed by atoms with Gasteiger partial charge in [-0.2, -0.15) is 0 Å². The number of rotatable bonds is 5. The standard InChI is InChI=1S/C17H16F2O4S/c1-11(15-8-7-14(18)9-16(15)19)23-17(20)13-5-3-12(4-6-13)10-24(2,21)22/h3-9,11H,10H2,1-2H3/t11-/m0/s1. The van der Waals surface area contributed by atoms with Crippen molar-refractivity contribution in [3.63, 3.8) is 0 Å². The summed E-state index contributed by atoms with van der Waals surface area (Å²) < 4.78 is 54.2. The second-order valence-electron chi connectivity index (χ2n) is 5.48. The second kappa shape index (κ2) is 7.09. The highest BCUT2D eigenvalue weighted by Gasteiger charge is 2.17. The number of hydrogen-bond acceptors (Lipinski definition) is 4. The van der Waals surface area contributed by atoms with Crippen LogP contribution in [0.5, 0.6) is 0 Å². The molecule has 0 saturated heterocycles. The van der Waals surface area contributed by atoms with Crippen LogP contribution in [0.25, 0.3) is 0 Å². The Hall–Kier alpha value is -2.28. The fraction of sp³-hybridized carbons (Fsp3) is 0.235. The number of benzene rings is 2. The van der Waals surface area contributed by atoms with Gasteiger partial charge in [-0.25, -0.2) is 22.0 Å². The molecular weight excluding hydrogens is 338 g/mol. The summed E-state index contributed by atoms with van der Waals surface area (Å²) >= 11 is 0. The average molecular weight is 354 g/mol. The van der Waals surface area contributed by atoms with Gasteiger partial charge >= 0.3 is 5.97 Å². The first-order valence-electron chi connectivity index (χ1n) is 7.08. The Morgan fingerprint density at radius 1 is 1.12 bits per heavy atom. The minimum Gasteiger partial charge on any atom is -0.454 e. The van der Waals surface area contributed by atoms with Gasteiger partial charge in [0.05, 0.1) is 11.3 Å². The lowest BCUT2D eigenvalue weighted by Gasteiger charge is -2.14. The Morgan fingerprint density at radius 3 is 2.29 bits per heavy atom. The molecule has 0 N–H and O–H groups in total. The maximum atomic E-state index is 13.7. The summed E-state index contributed by atoms with van der Waals surface area (Å²) in [6.45, 7) is 1.48. The molecule has 0 saturated carbocycles. The van der Waals surface area contributed by atoms with E-state index in [4.69, 9.17) is 4.74 Å². The van der Waals surface area contributed by atoms with Gasteiger partial charge in [-0.3, -0.25) is 0 Å². The van der Waals surface area contributed by atoms with Gasteiger partial charge in [0.1, 0.15) is 17.7 Å². The highest BCUT2D eigenvalue weighted by molar-refractivity contribution is 7.89. The molecule has 0 bridgehead atoms. The van der Waals surface area contributed by atoms with Gasteiger partial charge in [-0.15, -0.1) is 0 Å². The molecule has 0 radical (unpaired) electrons. The maximum absolute atomic E-state index is 13.7. The number of carbonyl (C=O) groups excluding carboxylic acids is 1. The molecule has 0 amide bonds. The van der Waals surface area contributed by atoms with Crippen LogP contribution in [0.1, 0.15) is 34.5 Å². The van der Waals surface area contributed by atoms with E-state index >= 15 is 0 Å². The number of halogens is 2. The Labute approximate surface area is 139 Å². The van der Waals surface area contributed by atoms with E-state index in [-0.39, 0.29) is 16.9 Å². The van der Waals surface area contributed by atoms with Gasteiger partial charge in [-0.1, -0.05) is 12.1 Å². The lowest BCUT2D eigenvalue weighted by Crippen LogP contribution is -2.11. The predicted molar refractivity (Wildman–Crippen MR) is 85.2 cm³/mol. The molecule has 0 spiro atoms. The van der Waals surface area contributed by atoms with Crippen molar-refractivity contribution in [3.8, 4) is 0 Å². The molecule has 0 heterocycles. The van der Waals surface area contributed by atoms with E-state index in [0.717, 1.165) is 18.4 Å². The summed E-state index contributed by atoms with van der Waals surface area (Å²) in [4.78, 5) is 12.1. The van der Waals surface area contributed by atoms with Crippen LogP contribution >= 0.6 is 0 Å². The van der Waals surface area contributed by atoms with Crippen LogP contribution in [0.2, 0.25) is 0 Å². The molecular formula is C17H16F2O4S. The molecule has 0 fully saturated rings. The third-order valence-corrected chi connectivity index (χ3v) is 4.16. The smallest absolute Gasteiger partial charge is 0.338 e. The van der Waals surface area contributed by atoms with E-state index in [1.807, 2.05) is 0 Å². The SMILES string of the molecule is C[C@H](OC(=O)c1ccc(CS(C)(=O)=O)cc1)c1ccc(F)cc1F. The van der Waals surface area contributed by atoms with Gasteiger partial charge < -0.3 is 4.74 Å². The van der Waals surface area contributed by atoms with E-state index in [0.29, 0.717) is 5.56 Å². The van der Waals surface area contributed by atoms with Crippen molar-refractivity contribution in [2.75, 3.05) is 6.26 Å². The van der Waals surface area contributed by atoms with E-state index < -0.39 is 33.5 Å². The number of carbonyl (C=O) groups is 1. The van der Waals surface area contributed by atoms with Crippen molar-refractivity contribution in [1.29, 1.82) is 0 Å². The summed E-state index contributed by atoms with van der Waals surface area (Å²) in [7, 11) is -3.16. The average Bonchev–Trinajstić information content (AvgIpc) is 2.45. The first-order chi connectivity index (χ1) is 11.2. The summed E-state index contributed by atoms with van der Waals surface area (Å²) in [5, 5.41) is 0. The fourth-order valence-electron chi connectivity index (χ4n) is 2.16. The van der Waals surface area contributed by atoms with Gasteiger partial charge in [0.15, 0.2) is 9.84 Å². The zero-order valence-corrected chi connectivity index (χ0v) is 13.9. The third-order valence-electron chi connectivity index (χ3n) is 3.30. The summed E-state index contributed by atoms with van der Waals surface area (Å²) in [5.41, 5.74) is 0.826. The van der Waals surface area contributed by atoms with Gasteiger partial charge in [0.25, 0.3) is 0 Å². The second-order valence-corrected chi connectivity index (χ2v) is 7.62. The van der Waals surface area contributed by atoms with Crippen molar-refractivity contribution >= 4 is 15.8 Å². The van der Waals surface area contributed by atoms with Crippen molar-refractivity contribution in [3.05, 3.63) is 70.8 Å². The number of esters is 1. The minimum atomic E-state index is -3.16. The molecule has 2 rings (SSSR count). The predicted octanol–water partition coefficient (Wildman–Crippen LogP) is 3.43. The van der Waals surface area contributed by atoms with E-state index in [1.54, 1.807) is 0 Å². The number of hydrogen-bond donors (Lipinski definition) is 0. The van der Waals surface area contributed by atoms with E-state index in [9.17, 15) is 22.0 Å². The third kappa shape index (κ3) is 4.86. The normalized spacial score (nSPS) is 12.7. The molecule has 2 aromatic rings. The van der Waals surface area contributed by atoms with Crippen LogP contribution in [0.4, 0.5) is 8.78 Å². The van der Waals surface area contributed by atoms with Gasteiger partial charge in [0.2, 0.25) is 0 Å². The van der Waals surface area contributed by atoms with Crippen molar-refractivity contribution < 1.29 is 26.7 Å². The minimum absolute atomic E-state index is 0.0680. The first-order valence-corrected chi connectivity index (χ1v) is 9.14. The summed E-state index contributed by atoms with van der Waals surface area (Å²) in [6.07, 6.45) is 0.225. The Kier molecular flexibility index (Phi) is 5.33. The molecule has 2 aromatic carbocycles. The monoisotopic (exact) mass is 354 g/mol. The lowest BCUT2D eigenvalue weighted by molar-refractivity contribution is 0.0331. The van der Waals surface area contributed by atoms with Gasteiger partial charge in [-0.05, 0) is 36.8 Å². The highest BCUT2D eigenvalue weighted by Crippen LogP contribution is 2.22. The van der Waals surface area contributed by atoms with Crippen molar-refractivity contribution in [1.82, 2.24) is 0 Å². The molecule has 0 unspecified atom stereocenters. The quantitative estimate of drug-likeness (QED) is 0.772. The van der Waals surface area contributed by atoms with Gasteiger partial charge in [0, 0.05) is 17.9 Å². The lowest BCUT2D eigenvalue weighted by atomic mass is 10.1. The van der Waals surface area contributed by atoms with Crippen LogP contribution < -0.4 is 0 Å². The fourth-order valence-corrected chi connectivity index (χ4v) is 2.96. The summed E-state index contributed by atoms with van der Waals surface area (Å²) in [6, 6.07) is 8.94. The summed E-state index contributed by atoms with van der Waals surface area (Å²) in [5.74, 6) is -2.31. The first kappa shape index (κ1) is 18.1. The van der Waals surface area contributed by atoms with Crippen LogP contribution in [0.3, 0.4) is 0 Å².